The van der Waals surface area contributed by atoms with E-state index in [1.807, 2.05) is 27.7 Å². The number of hydrogen-bond donors (Lipinski definition) is 1. The summed E-state index contributed by atoms with van der Waals surface area (Å²) in [6.07, 6.45) is 0.732. The lowest BCUT2D eigenvalue weighted by Crippen LogP contribution is -2.47. The van der Waals surface area contributed by atoms with Crippen molar-refractivity contribution in [1.29, 1.82) is 0 Å². The minimum absolute atomic E-state index is 0.0489. The Morgan fingerprint density at radius 3 is 2.23 bits per heavy atom. The highest BCUT2D eigenvalue weighted by Crippen LogP contribution is 2.23. The van der Waals surface area contributed by atoms with Crippen LogP contribution in [0.25, 0.3) is 0 Å². The van der Waals surface area contributed by atoms with Crippen molar-refractivity contribution >= 4 is 27.7 Å². The molecule has 22 heavy (non-hydrogen) atoms. The van der Waals surface area contributed by atoms with Crippen molar-refractivity contribution in [2.45, 2.75) is 39.0 Å². The molecule has 5 nitrogen and oxygen atoms in total. The molecule has 0 heterocycles. The maximum absolute atomic E-state index is 12.7. The first-order valence-electron chi connectivity index (χ1n) is 7.14. The van der Waals surface area contributed by atoms with Crippen molar-refractivity contribution in [2.24, 2.45) is 5.41 Å². The Hall–Kier alpha value is -1.27. The molecule has 0 bridgehead atoms. The van der Waals surface area contributed by atoms with Crippen molar-refractivity contribution in [3.8, 4) is 0 Å². The molecule has 0 aliphatic carbocycles. The van der Waals surface area contributed by atoms with E-state index in [1.165, 1.54) is 24.3 Å². The van der Waals surface area contributed by atoms with Gasteiger partial charge in [0.05, 0.1) is 4.90 Å². The molecular weight excluding hydrogens is 324 g/mol. The zero-order valence-electron chi connectivity index (χ0n) is 13.4. The minimum atomic E-state index is -3.92. The van der Waals surface area contributed by atoms with Gasteiger partial charge in [0.25, 0.3) is 10.0 Å². The number of rotatable bonds is 5. The van der Waals surface area contributed by atoms with Crippen molar-refractivity contribution in [1.82, 2.24) is 9.62 Å². The molecule has 0 fully saturated rings. The molecule has 1 rings (SSSR count). The molecular formula is C15H23ClN2O3S. The largest absolute Gasteiger partial charge is 0.337 e. The monoisotopic (exact) mass is 346 g/mol. The smallest absolute Gasteiger partial charge is 0.331 e. The van der Waals surface area contributed by atoms with Crippen molar-refractivity contribution < 1.29 is 13.2 Å². The van der Waals surface area contributed by atoms with Gasteiger partial charge in [-0.2, -0.15) is 0 Å². The van der Waals surface area contributed by atoms with Crippen molar-refractivity contribution in [3.05, 3.63) is 29.3 Å². The van der Waals surface area contributed by atoms with E-state index in [9.17, 15) is 13.2 Å². The van der Waals surface area contributed by atoms with Gasteiger partial charge in [-0.25, -0.2) is 17.5 Å². The lowest BCUT2D eigenvalue weighted by Gasteiger charge is -2.29. The number of nitrogens with zero attached hydrogens (tertiary/aromatic N) is 1. The molecule has 0 aliphatic rings. The van der Waals surface area contributed by atoms with Crippen LogP contribution in [-0.2, 0) is 10.0 Å². The summed E-state index contributed by atoms with van der Waals surface area (Å²) >= 11 is 5.79. The summed E-state index contributed by atoms with van der Waals surface area (Å²) in [6.45, 7) is 8.06. The molecule has 0 saturated heterocycles. The van der Waals surface area contributed by atoms with E-state index in [-0.39, 0.29) is 16.9 Å². The summed E-state index contributed by atoms with van der Waals surface area (Å²) in [5, 5.41) is 3.07. The maximum atomic E-state index is 12.7. The van der Waals surface area contributed by atoms with Crippen LogP contribution in [-0.4, -0.2) is 31.8 Å². The fourth-order valence-electron chi connectivity index (χ4n) is 1.75. The van der Waals surface area contributed by atoms with E-state index in [1.54, 1.807) is 0 Å². The SMILES string of the molecule is CCCNC(=O)N(CC(C)(C)C)S(=O)(=O)c1ccc(Cl)cc1. The Morgan fingerprint density at radius 1 is 1.23 bits per heavy atom. The van der Waals surface area contributed by atoms with Crippen LogP contribution in [0.1, 0.15) is 34.1 Å². The Bertz CT molecular complexity index is 607. The highest BCUT2D eigenvalue weighted by Gasteiger charge is 2.32. The summed E-state index contributed by atoms with van der Waals surface area (Å²) in [6, 6.07) is 5.19. The summed E-state index contributed by atoms with van der Waals surface area (Å²) in [4.78, 5) is 12.3. The first-order chi connectivity index (χ1) is 10.1. The van der Waals surface area contributed by atoms with Crippen LogP contribution in [0.2, 0.25) is 5.02 Å². The highest BCUT2D eigenvalue weighted by atomic mass is 35.5. The Labute approximate surface area is 137 Å². The lowest BCUT2D eigenvalue weighted by molar-refractivity contribution is 0.209. The number of hydrogen-bond acceptors (Lipinski definition) is 3. The fourth-order valence-corrected chi connectivity index (χ4v) is 3.45. The molecule has 1 aromatic rings. The van der Waals surface area contributed by atoms with Gasteiger partial charge >= 0.3 is 6.03 Å². The zero-order chi connectivity index (χ0) is 17.0. The van der Waals surface area contributed by atoms with Crippen LogP contribution in [0, 0.1) is 5.41 Å². The quantitative estimate of drug-likeness (QED) is 0.887. The summed E-state index contributed by atoms with van der Waals surface area (Å²) in [7, 11) is -3.92. The first-order valence-corrected chi connectivity index (χ1v) is 8.96. The van der Waals surface area contributed by atoms with Crippen molar-refractivity contribution in [2.75, 3.05) is 13.1 Å². The third-order valence-electron chi connectivity index (χ3n) is 2.77. The molecule has 0 saturated carbocycles. The van der Waals surface area contributed by atoms with E-state index in [4.69, 9.17) is 11.6 Å². The average molecular weight is 347 g/mol. The molecule has 1 N–H and O–H groups in total. The Balaban J connectivity index is 3.18. The van der Waals surface area contributed by atoms with Gasteiger partial charge in [-0.05, 0) is 36.1 Å². The maximum Gasteiger partial charge on any atom is 0.331 e. The standard InChI is InChI=1S/C15H23ClN2O3S/c1-5-10-17-14(19)18(11-15(2,3)4)22(20,21)13-8-6-12(16)7-9-13/h6-9H,5,10-11H2,1-4H3,(H,17,19). The number of carbonyl (C=O) groups excluding carboxylic acids is 1. The third-order valence-corrected chi connectivity index (χ3v) is 4.77. The molecule has 0 aromatic heterocycles. The van der Waals surface area contributed by atoms with E-state index < -0.39 is 16.1 Å². The predicted octanol–water partition coefficient (Wildman–Crippen LogP) is 3.50. The fraction of sp³-hybridized carbons (Fsp3) is 0.533. The Kier molecular flexibility index (Phi) is 6.26. The van der Waals surface area contributed by atoms with Gasteiger partial charge in [0.15, 0.2) is 0 Å². The summed E-state index contributed by atoms with van der Waals surface area (Å²) in [5.74, 6) is 0. The van der Waals surface area contributed by atoms with Crippen LogP contribution in [0.5, 0.6) is 0 Å². The molecule has 0 atom stereocenters. The van der Waals surface area contributed by atoms with Gasteiger partial charge in [-0.3, -0.25) is 0 Å². The summed E-state index contributed by atoms with van der Waals surface area (Å²) in [5.41, 5.74) is -0.358. The number of urea groups is 1. The first kappa shape index (κ1) is 18.8. The number of halogens is 1. The van der Waals surface area contributed by atoms with Gasteiger partial charge in [0, 0.05) is 18.1 Å². The van der Waals surface area contributed by atoms with Gasteiger partial charge in [0.1, 0.15) is 0 Å². The van der Waals surface area contributed by atoms with E-state index in [0.29, 0.717) is 11.6 Å². The lowest BCUT2D eigenvalue weighted by atomic mass is 9.97. The number of sulfonamides is 1. The third kappa shape index (κ3) is 5.18. The second kappa shape index (κ2) is 7.33. The van der Waals surface area contributed by atoms with Crippen LogP contribution in [0.4, 0.5) is 4.79 Å². The minimum Gasteiger partial charge on any atom is -0.337 e. The highest BCUT2D eigenvalue weighted by molar-refractivity contribution is 7.89. The van der Waals surface area contributed by atoms with Crippen LogP contribution >= 0.6 is 11.6 Å². The molecule has 0 radical (unpaired) electrons. The average Bonchev–Trinajstić information content (AvgIpc) is 2.41. The molecule has 0 aliphatic heterocycles. The van der Waals surface area contributed by atoms with Gasteiger partial charge < -0.3 is 5.32 Å². The zero-order valence-corrected chi connectivity index (χ0v) is 15.0. The Morgan fingerprint density at radius 2 is 1.77 bits per heavy atom. The number of carbonyl (C=O) groups is 1. The van der Waals surface area contributed by atoms with Crippen molar-refractivity contribution in [3.63, 3.8) is 0 Å². The van der Waals surface area contributed by atoms with Crippen LogP contribution in [0.3, 0.4) is 0 Å². The van der Waals surface area contributed by atoms with E-state index >= 15 is 0 Å². The van der Waals surface area contributed by atoms with Crippen LogP contribution < -0.4 is 5.32 Å². The van der Waals surface area contributed by atoms with Crippen LogP contribution in [0.15, 0.2) is 29.2 Å². The number of nitrogens with one attached hydrogen (secondary N) is 1. The molecule has 2 amide bonds. The number of amides is 2. The molecule has 7 heteroatoms. The van der Waals surface area contributed by atoms with E-state index in [0.717, 1.165) is 10.7 Å². The van der Waals surface area contributed by atoms with Gasteiger partial charge in [0.2, 0.25) is 0 Å². The van der Waals surface area contributed by atoms with E-state index in [2.05, 4.69) is 5.32 Å². The molecule has 1 aromatic carbocycles. The number of benzene rings is 1. The second-order valence-corrected chi connectivity index (χ2v) is 8.56. The topological polar surface area (TPSA) is 66.5 Å². The molecule has 0 unspecified atom stereocenters. The summed E-state index contributed by atoms with van der Waals surface area (Å²) < 4.78 is 26.4. The van der Waals surface area contributed by atoms with Gasteiger partial charge in [-0.1, -0.05) is 39.3 Å². The normalized spacial score (nSPS) is 12.0. The molecule has 0 spiro atoms. The van der Waals surface area contributed by atoms with Gasteiger partial charge in [-0.15, -0.1) is 0 Å². The molecule has 124 valence electrons. The predicted molar refractivity (Wildman–Crippen MR) is 88.5 cm³/mol. The second-order valence-electron chi connectivity index (χ2n) is 6.26.